The Balaban J connectivity index is 1.81. The average Bonchev–Trinajstić information content (AvgIpc) is 2.47. The van der Waals surface area contributed by atoms with Gasteiger partial charge in [-0.05, 0) is 38.5 Å². The number of halogens is 3. The lowest BCUT2D eigenvalue weighted by Gasteiger charge is -2.35. The summed E-state index contributed by atoms with van der Waals surface area (Å²) in [7, 11) is 0. The maximum atomic E-state index is 12.7. The second-order valence-corrected chi connectivity index (χ2v) is 6.16. The SMILES string of the molecule is O=C(O)C1CCC(NC(=O)N2CCCC(C(F)(F)F)C2)CC1. The average molecular weight is 322 g/mol. The van der Waals surface area contributed by atoms with Gasteiger partial charge in [0.25, 0.3) is 0 Å². The minimum atomic E-state index is -4.27. The zero-order valence-electron chi connectivity index (χ0n) is 12.2. The summed E-state index contributed by atoms with van der Waals surface area (Å²) in [6.07, 6.45) is -1.76. The summed E-state index contributed by atoms with van der Waals surface area (Å²) in [5, 5.41) is 11.7. The molecular weight excluding hydrogens is 301 g/mol. The number of hydrogen-bond acceptors (Lipinski definition) is 2. The largest absolute Gasteiger partial charge is 0.481 e. The van der Waals surface area contributed by atoms with E-state index in [2.05, 4.69) is 5.32 Å². The molecule has 0 aromatic heterocycles. The second-order valence-electron chi connectivity index (χ2n) is 6.16. The third kappa shape index (κ3) is 4.27. The highest BCUT2D eigenvalue weighted by Gasteiger charge is 2.43. The fourth-order valence-corrected chi connectivity index (χ4v) is 3.18. The molecule has 22 heavy (non-hydrogen) atoms. The van der Waals surface area contributed by atoms with Crippen LogP contribution in [0.2, 0.25) is 0 Å². The van der Waals surface area contributed by atoms with Gasteiger partial charge in [-0.2, -0.15) is 13.2 Å². The molecule has 1 saturated heterocycles. The van der Waals surface area contributed by atoms with E-state index in [1.165, 1.54) is 4.90 Å². The molecule has 5 nitrogen and oxygen atoms in total. The van der Waals surface area contributed by atoms with E-state index >= 15 is 0 Å². The normalized spacial score (nSPS) is 30.0. The number of nitrogens with zero attached hydrogens (tertiary/aromatic N) is 1. The molecule has 0 radical (unpaired) electrons. The molecule has 2 fully saturated rings. The third-order valence-corrected chi connectivity index (χ3v) is 4.58. The molecule has 2 rings (SSSR count). The van der Waals surface area contributed by atoms with Gasteiger partial charge >= 0.3 is 18.2 Å². The molecule has 0 bridgehead atoms. The van der Waals surface area contributed by atoms with Crippen molar-refractivity contribution in [3.05, 3.63) is 0 Å². The fourth-order valence-electron chi connectivity index (χ4n) is 3.18. The van der Waals surface area contributed by atoms with Gasteiger partial charge in [0.15, 0.2) is 0 Å². The predicted octanol–water partition coefficient (Wildman–Crippen LogP) is 2.61. The van der Waals surface area contributed by atoms with E-state index in [1.807, 2.05) is 0 Å². The molecule has 8 heteroatoms. The first kappa shape index (κ1) is 16.9. The van der Waals surface area contributed by atoms with Crippen molar-refractivity contribution in [3.63, 3.8) is 0 Å². The summed E-state index contributed by atoms with van der Waals surface area (Å²) in [6.45, 7) is 0.0443. The summed E-state index contributed by atoms with van der Waals surface area (Å²) in [5.41, 5.74) is 0. The van der Waals surface area contributed by atoms with Crippen LogP contribution in [0.3, 0.4) is 0 Å². The van der Waals surface area contributed by atoms with Gasteiger partial charge in [-0.1, -0.05) is 0 Å². The number of likely N-dealkylation sites (tertiary alicyclic amines) is 1. The lowest BCUT2D eigenvalue weighted by Crippen LogP contribution is -2.51. The summed E-state index contributed by atoms with van der Waals surface area (Å²) in [5.74, 6) is -2.65. The number of rotatable bonds is 2. The minimum Gasteiger partial charge on any atom is -0.481 e. The van der Waals surface area contributed by atoms with E-state index in [9.17, 15) is 22.8 Å². The smallest absolute Gasteiger partial charge is 0.393 e. The van der Waals surface area contributed by atoms with Crippen LogP contribution in [-0.4, -0.2) is 47.3 Å². The molecule has 0 spiro atoms. The van der Waals surface area contributed by atoms with E-state index in [0.29, 0.717) is 38.6 Å². The van der Waals surface area contributed by atoms with Gasteiger partial charge in [-0.25, -0.2) is 4.79 Å². The molecule has 2 N–H and O–H groups in total. The van der Waals surface area contributed by atoms with Crippen molar-refractivity contribution in [1.82, 2.24) is 10.2 Å². The molecule has 2 amide bonds. The Bertz CT molecular complexity index is 420. The Labute approximate surface area is 126 Å². The monoisotopic (exact) mass is 322 g/mol. The van der Waals surface area contributed by atoms with Gasteiger partial charge in [-0.15, -0.1) is 0 Å². The van der Waals surface area contributed by atoms with Gasteiger partial charge in [0, 0.05) is 19.1 Å². The number of hydrogen-bond donors (Lipinski definition) is 2. The number of carboxylic acids is 1. The van der Waals surface area contributed by atoms with Crippen LogP contribution in [0.1, 0.15) is 38.5 Å². The standard InChI is InChI=1S/C14H21F3N2O3/c15-14(16,17)10-2-1-7-19(8-10)13(22)18-11-5-3-9(4-6-11)12(20)21/h9-11H,1-8H2,(H,18,22)(H,20,21). The van der Waals surface area contributed by atoms with Gasteiger partial charge < -0.3 is 15.3 Å². The first-order valence-electron chi connectivity index (χ1n) is 7.62. The molecule has 0 aromatic carbocycles. The van der Waals surface area contributed by atoms with Crippen molar-refractivity contribution in [3.8, 4) is 0 Å². The van der Waals surface area contributed by atoms with E-state index in [4.69, 9.17) is 5.11 Å². The maximum Gasteiger partial charge on any atom is 0.393 e. The molecular formula is C14H21F3N2O3. The van der Waals surface area contributed by atoms with E-state index in [1.54, 1.807) is 0 Å². The maximum absolute atomic E-state index is 12.7. The second kappa shape index (κ2) is 6.75. The number of piperidine rings is 1. The quantitative estimate of drug-likeness (QED) is 0.821. The fraction of sp³-hybridized carbons (Fsp3) is 0.857. The van der Waals surface area contributed by atoms with Crippen molar-refractivity contribution >= 4 is 12.0 Å². The Hall–Kier alpha value is -1.47. The number of urea groups is 1. The van der Waals surface area contributed by atoms with E-state index in [-0.39, 0.29) is 24.9 Å². The number of alkyl halides is 3. The van der Waals surface area contributed by atoms with Crippen LogP contribution >= 0.6 is 0 Å². The highest BCUT2D eigenvalue weighted by atomic mass is 19.4. The Morgan fingerprint density at radius 1 is 1.09 bits per heavy atom. The third-order valence-electron chi connectivity index (χ3n) is 4.58. The predicted molar refractivity (Wildman–Crippen MR) is 72.3 cm³/mol. The Morgan fingerprint density at radius 2 is 1.73 bits per heavy atom. The highest BCUT2D eigenvalue weighted by molar-refractivity contribution is 5.75. The summed E-state index contributed by atoms with van der Waals surface area (Å²) < 4.78 is 38.2. The van der Waals surface area contributed by atoms with Crippen LogP contribution in [0.4, 0.5) is 18.0 Å². The number of amides is 2. The van der Waals surface area contributed by atoms with Crippen LogP contribution in [0.15, 0.2) is 0 Å². The molecule has 1 atom stereocenters. The van der Waals surface area contributed by atoms with Crippen LogP contribution in [-0.2, 0) is 4.79 Å². The summed E-state index contributed by atoms with van der Waals surface area (Å²) in [4.78, 5) is 24.2. The molecule has 1 heterocycles. The zero-order chi connectivity index (χ0) is 16.3. The number of aliphatic carboxylic acids is 1. The Kier molecular flexibility index (Phi) is 5.18. The summed E-state index contributed by atoms with van der Waals surface area (Å²) >= 11 is 0. The molecule has 2 aliphatic rings. The van der Waals surface area contributed by atoms with Crippen LogP contribution in [0, 0.1) is 11.8 Å². The van der Waals surface area contributed by atoms with Crippen LogP contribution < -0.4 is 5.32 Å². The molecule has 1 aliphatic heterocycles. The van der Waals surface area contributed by atoms with Crippen LogP contribution in [0.25, 0.3) is 0 Å². The van der Waals surface area contributed by atoms with Crippen molar-refractivity contribution in [2.45, 2.75) is 50.7 Å². The molecule has 1 saturated carbocycles. The van der Waals surface area contributed by atoms with Crippen molar-refractivity contribution in [2.24, 2.45) is 11.8 Å². The molecule has 1 aliphatic carbocycles. The van der Waals surface area contributed by atoms with Crippen molar-refractivity contribution in [1.29, 1.82) is 0 Å². The zero-order valence-corrected chi connectivity index (χ0v) is 12.2. The van der Waals surface area contributed by atoms with E-state index in [0.717, 1.165) is 0 Å². The van der Waals surface area contributed by atoms with Gasteiger partial charge in [0.2, 0.25) is 0 Å². The van der Waals surface area contributed by atoms with Gasteiger partial charge in [0.1, 0.15) is 0 Å². The lowest BCUT2D eigenvalue weighted by atomic mass is 9.86. The molecule has 1 unspecified atom stereocenters. The van der Waals surface area contributed by atoms with Gasteiger partial charge in [0.05, 0.1) is 11.8 Å². The van der Waals surface area contributed by atoms with Crippen molar-refractivity contribution < 1.29 is 27.9 Å². The van der Waals surface area contributed by atoms with Gasteiger partial charge in [-0.3, -0.25) is 4.79 Å². The highest BCUT2D eigenvalue weighted by Crippen LogP contribution is 2.33. The topological polar surface area (TPSA) is 69.6 Å². The van der Waals surface area contributed by atoms with E-state index < -0.39 is 24.1 Å². The van der Waals surface area contributed by atoms with Crippen LogP contribution in [0.5, 0.6) is 0 Å². The molecule has 0 aromatic rings. The Morgan fingerprint density at radius 3 is 2.27 bits per heavy atom. The number of nitrogens with one attached hydrogen (secondary N) is 1. The first-order chi connectivity index (χ1) is 10.3. The minimum absolute atomic E-state index is 0.0665. The number of carbonyl (C=O) groups excluding carboxylic acids is 1. The number of carboxylic acid groups (broad SMARTS) is 1. The lowest BCUT2D eigenvalue weighted by molar-refractivity contribution is -0.184. The number of carbonyl (C=O) groups is 2. The first-order valence-corrected chi connectivity index (χ1v) is 7.62. The molecule has 126 valence electrons. The van der Waals surface area contributed by atoms with Crippen molar-refractivity contribution in [2.75, 3.05) is 13.1 Å². The summed E-state index contributed by atoms with van der Waals surface area (Å²) in [6, 6.07) is -0.609.